The summed E-state index contributed by atoms with van der Waals surface area (Å²) in [6.07, 6.45) is 1.42. The Morgan fingerprint density at radius 3 is 2.40 bits per heavy atom. The van der Waals surface area contributed by atoms with Gasteiger partial charge in [0.05, 0.1) is 17.4 Å². The number of ketones is 1. The number of carbonyl (C=O) groups is 1. The summed E-state index contributed by atoms with van der Waals surface area (Å²) in [5, 5.41) is 7.79. The van der Waals surface area contributed by atoms with Crippen LogP contribution in [0.5, 0.6) is 0 Å². The number of benzene rings is 2. The number of nitrogens with one attached hydrogen (secondary N) is 2. The van der Waals surface area contributed by atoms with E-state index < -0.39 is 0 Å². The SMILES string of the molecule is CC1(C)CC(=O)C2=C(C1)Nc1ccccc1NC2c1ccc(Cl)cc1. The van der Waals surface area contributed by atoms with Gasteiger partial charge in [-0.25, -0.2) is 0 Å². The Kier molecular flexibility index (Phi) is 3.84. The van der Waals surface area contributed by atoms with Crippen LogP contribution in [0.2, 0.25) is 5.02 Å². The van der Waals surface area contributed by atoms with Gasteiger partial charge >= 0.3 is 0 Å². The third-order valence-electron chi connectivity index (χ3n) is 4.92. The molecule has 0 spiro atoms. The lowest BCUT2D eigenvalue weighted by atomic mass is 9.73. The predicted molar refractivity (Wildman–Crippen MR) is 103 cm³/mol. The molecule has 1 aliphatic heterocycles. The number of anilines is 2. The summed E-state index contributed by atoms with van der Waals surface area (Å²) >= 11 is 6.06. The van der Waals surface area contributed by atoms with E-state index in [1.165, 1.54) is 0 Å². The van der Waals surface area contributed by atoms with Crippen molar-refractivity contribution in [2.24, 2.45) is 5.41 Å². The molecular formula is C21H21ClN2O. The van der Waals surface area contributed by atoms with E-state index >= 15 is 0 Å². The Morgan fingerprint density at radius 2 is 1.68 bits per heavy atom. The Bertz CT molecular complexity index is 868. The number of fused-ring (bicyclic) bond motifs is 1. The van der Waals surface area contributed by atoms with Gasteiger partial charge in [-0.3, -0.25) is 4.79 Å². The monoisotopic (exact) mass is 352 g/mol. The first-order valence-corrected chi connectivity index (χ1v) is 8.95. The van der Waals surface area contributed by atoms with Crippen LogP contribution >= 0.6 is 11.6 Å². The minimum Gasteiger partial charge on any atom is -0.372 e. The number of hydrogen-bond donors (Lipinski definition) is 2. The van der Waals surface area contributed by atoms with Crippen LogP contribution in [-0.4, -0.2) is 5.78 Å². The molecule has 2 aromatic carbocycles. The van der Waals surface area contributed by atoms with Crippen LogP contribution in [0, 0.1) is 5.41 Å². The van der Waals surface area contributed by atoms with Crippen molar-refractivity contribution in [2.45, 2.75) is 32.7 Å². The van der Waals surface area contributed by atoms with E-state index in [1.54, 1.807) is 0 Å². The highest BCUT2D eigenvalue weighted by atomic mass is 35.5. The van der Waals surface area contributed by atoms with E-state index in [-0.39, 0.29) is 17.2 Å². The summed E-state index contributed by atoms with van der Waals surface area (Å²) in [6.45, 7) is 4.30. The number of allylic oxidation sites excluding steroid dienone is 1. The third kappa shape index (κ3) is 3.05. The molecule has 0 aromatic heterocycles. The molecule has 0 radical (unpaired) electrons. The van der Waals surface area contributed by atoms with Crippen LogP contribution in [0.15, 0.2) is 59.8 Å². The first-order valence-electron chi connectivity index (χ1n) is 8.57. The van der Waals surface area contributed by atoms with Gasteiger partial charge in [-0.1, -0.05) is 49.7 Å². The molecule has 25 heavy (non-hydrogen) atoms. The molecule has 1 heterocycles. The maximum atomic E-state index is 13.0. The highest BCUT2D eigenvalue weighted by Gasteiger charge is 2.38. The van der Waals surface area contributed by atoms with Crippen molar-refractivity contribution in [1.82, 2.24) is 0 Å². The van der Waals surface area contributed by atoms with E-state index in [4.69, 9.17) is 11.6 Å². The topological polar surface area (TPSA) is 41.1 Å². The number of rotatable bonds is 1. The van der Waals surface area contributed by atoms with Crippen LogP contribution in [0.4, 0.5) is 11.4 Å². The van der Waals surface area contributed by atoms with Crippen molar-refractivity contribution < 1.29 is 4.79 Å². The number of carbonyl (C=O) groups excluding carboxylic acids is 1. The molecule has 0 saturated carbocycles. The highest BCUT2D eigenvalue weighted by molar-refractivity contribution is 6.30. The summed E-state index contributed by atoms with van der Waals surface area (Å²) in [4.78, 5) is 13.0. The fourth-order valence-electron chi connectivity index (χ4n) is 3.79. The van der Waals surface area contributed by atoms with Gasteiger partial charge in [0.15, 0.2) is 5.78 Å². The number of para-hydroxylation sites is 2. The quantitative estimate of drug-likeness (QED) is 0.705. The molecule has 0 fully saturated rings. The van der Waals surface area contributed by atoms with Gasteiger partial charge in [-0.15, -0.1) is 0 Å². The van der Waals surface area contributed by atoms with E-state index in [0.717, 1.165) is 34.6 Å². The standard InChI is InChI=1S/C21H21ClN2O/c1-21(2)11-17-19(18(25)12-21)20(13-7-9-14(22)10-8-13)24-16-6-4-3-5-15(16)23-17/h3-10,20,23-24H,11-12H2,1-2H3. The Labute approximate surface area is 153 Å². The van der Waals surface area contributed by atoms with E-state index in [0.29, 0.717) is 11.4 Å². The molecule has 1 aliphatic carbocycles. The zero-order valence-electron chi connectivity index (χ0n) is 14.4. The van der Waals surface area contributed by atoms with Gasteiger partial charge in [-0.2, -0.15) is 0 Å². The van der Waals surface area contributed by atoms with E-state index in [2.05, 4.69) is 24.5 Å². The van der Waals surface area contributed by atoms with Gasteiger partial charge in [0.1, 0.15) is 0 Å². The van der Waals surface area contributed by atoms with Crippen LogP contribution in [0.3, 0.4) is 0 Å². The molecule has 4 rings (SSSR count). The smallest absolute Gasteiger partial charge is 0.163 e. The summed E-state index contributed by atoms with van der Waals surface area (Å²) in [7, 11) is 0. The van der Waals surface area contributed by atoms with Gasteiger partial charge in [0.25, 0.3) is 0 Å². The molecule has 2 aliphatic rings. The lowest BCUT2D eigenvalue weighted by Crippen LogP contribution is -2.31. The molecule has 128 valence electrons. The van der Waals surface area contributed by atoms with Crippen molar-refractivity contribution in [3.8, 4) is 0 Å². The molecule has 3 nitrogen and oxygen atoms in total. The minimum absolute atomic E-state index is 0.0350. The second-order valence-electron chi connectivity index (χ2n) is 7.63. The van der Waals surface area contributed by atoms with Crippen molar-refractivity contribution in [1.29, 1.82) is 0 Å². The summed E-state index contributed by atoms with van der Waals surface area (Å²) < 4.78 is 0. The normalized spacial score (nSPS) is 21.6. The summed E-state index contributed by atoms with van der Waals surface area (Å²) in [6, 6.07) is 15.7. The average Bonchev–Trinajstić information content (AvgIpc) is 2.70. The lowest BCUT2D eigenvalue weighted by molar-refractivity contribution is -0.118. The second-order valence-corrected chi connectivity index (χ2v) is 8.07. The van der Waals surface area contributed by atoms with Crippen LogP contribution in [0.1, 0.15) is 38.3 Å². The molecular weight excluding hydrogens is 332 g/mol. The van der Waals surface area contributed by atoms with Crippen molar-refractivity contribution in [2.75, 3.05) is 10.6 Å². The average molecular weight is 353 g/mol. The van der Waals surface area contributed by atoms with Crippen molar-refractivity contribution in [3.05, 3.63) is 70.4 Å². The molecule has 2 N–H and O–H groups in total. The van der Waals surface area contributed by atoms with Crippen molar-refractivity contribution in [3.63, 3.8) is 0 Å². The Balaban J connectivity index is 1.88. The molecule has 0 bridgehead atoms. The largest absolute Gasteiger partial charge is 0.372 e. The number of Topliss-reactive ketones (excluding diaryl/α,β-unsaturated/α-hetero) is 1. The van der Waals surface area contributed by atoms with Crippen molar-refractivity contribution >= 4 is 28.8 Å². The van der Waals surface area contributed by atoms with Gasteiger partial charge < -0.3 is 10.6 Å². The summed E-state index contributed by atoms with van der Waals surface area (Å²) in [5.41, 5.74) is 4.90. The van der Waals surface area contributed by atoms with Crippen LogP contribution in [0.25, 0.3) is 0 Å². The minimum atomic E-state index is -0.174. The Hall–Kier alpha value is -2.26. The fraction of sp³-hybridized carbons (Fsp3) is 0.286. The number of halogens is 1. The second kappa shape index (κ2) is 5.92. The maximum absolute atomic E-state index is 13.0. The highest BCUT2D eigenvalue weighted by Crippen LogP contribution is 2.45. The first-order chi connectivity index (χ1) is 11.9. The molecule has 2 aromatic rings. The molecule has 1 atom stereocenters. The van der Waals surface area contributed by atoms with Crippen LogP contribution in [-0.2, 0) is 4.79 Å². The van der Waals surface area contributed by atoms with Gasteiger partial charge in [-0.05, 0) is 41.7 Å². The maximum Gasteiger partial charge on any atom is 0.163 e. The molecule has 1 unspecified atom stereocenters. The molecule has 0 saturated heterocycles. The first kappa shape index (κ1) is 16.2. The molecule has 0 amide bonds. The van der Waals surface area contributed by atoms with Gasteiger partial charge in [0.2, 0.25) is 0 Å². The van der Waals surface area contributed by atoms with Crippen LogP contribution < -0.4 is 10.6 Å². The number of hydrogen-bond acceptors (Lipinski definition) is 3. The Morgan fingerprint density at radius 1 is 1.00 bits per heavy atom. The zero-order chi connectivity index (χ0) is 17.6. The van der Waals surface area contributed by atoms with E-state index in [9.17, 15) is 4.79 Å². The predicted octanol–water partition coefficient (Wildman–Crippen LogP) is 5.56. The molecule has 4 heteroatoms. The lowest BCUT2D eigenvalue weighted by Gasteiger charge is -2.34. The van der Waals surface area contributed by atoms with Gasteiger partial charge in [0, 0.05) is 22.7 Å². The fourth-order valence-corrected chi connectivity index (χ4v) is 3.92. The third-order valence-corrected chi connectivity index (χ3v) is 5.18. The zero-order valence-corrected chi connectivity index (χ0v) is 15.2. The van der Waals surface area contributed by atoms with E-state index in [1.807, 2.05) is 48.5 Å². The summed E-state index contributed by atoms with van der Waals surface area (Å²) in [5.74, 6) is 0.207.